The quantitative estimate of drug-likeness (QED) is 0.193. The summed E-state index contributed by atoms with van der Waals surface area (Å²) in [6, 6.07) is 57.8. The number of para-hydroxylation sites is 4. The van der Waals surface area contributed by atoms with Gasteiger partial charge in [0, 0.05) is 38.4 Å². The predicted molar refractivity (Wildman–Crippen MR) is 200 cm³/mol. The molecule has 5 nitrogen and oxygen atoms in total. The van der Waals surface area contributed by atoms with Crippen molar-refractivity contribution in [2.45, 2.75) is 0 Å². The minimum atomic E-state index is 0.539. The lowest BCUT2D eigenvalue weighted by molar-refractivity contribution is 1.17. The molecule has 0 fully saturated rings. The molecule has 230 valence electrons. The number of nitriles is 3. The van der Waals surface area contributed by atoms with Crippen LogP contribution in [0.15, 0.2) is 152 Å². The number of hydrogen-bond acceptors (Lipinski definition) is 3. The Balaban J connectivity index is 1.32. The standard InChI is InChI=1S/C45H25N5/c46-26-29-22-23-43-39(24-29)38-18-9-12-32(28-48)45(38)50(43)42-21-6-3-16-36(42)37-17-8-11-31(27-47)44(37)30-10-7-13-33(25-30)49-40-19-4-1-14-34(40)35-15-2-5-20-41(35)49/h1-25H. The first-order valence-corrected chi connectivity index (χ1v) is 16.3. The maximum absolute atomic E-state index is 10.5. The highest BCUT2D eigenvalue weighted by molar-refractivity contribution is 6.12. The van der Waals surface area contributed by atoms with Crippen molar-refractivity contribution in [1.29, 1.82) is 15.8 Å². The number of nitrogens with zero attached hydrogens (tertiary/aromatic N) is 5. The van der Waals surface area contributed by atoms with Gasteiger partial charge in [0.1, 0.15) is 6.07 Å². The molecule has 0 bridgehead atoms. The predicted octanol–water partition coefficient (Wildman–Crippen LogP) is 10.8. The van der Waals surface area contributed by atoms with Gasteiger partial charge in [-0.15, -0.1) is 0 Å². The molecule has 0 saturated carbocycles. The lowest BCUT2D eigenvalue weighted by Crippen LogP contribution is -2.00. The third-order valence-electron chi connectivity index (χ3n) is 9.63. The third-order valence-corrected chi connectivity index (χ3v) is 9.63. The van der Waals surface area contributed by atoms with Crippen LogP contribution in [0.5, 0.6) is 0 Å². The Morgan fingerprint density at radius 3 is 1.80 bits per heavy atom. The molecule has 0 spiro atoms. The maximum Gasteiger partial charge on any atom is 0.101 e. The first-order valence-electron chi connectivity index (χ1n) is 16.3. The summed E-state index contributed by atoms with van der Waals surface area (Å²) in [5.74, 6) is 0. The van der Waals surface area contributed by atoms with E-state index in [1.165, 1.54) is 10.8 Å². The zero-order valence-corrected chi connectivity index (χ0v) is 26.7. The van der Waals surface area contributed by atoms with Crippen LogP contribution in [-0.2, 0) is 0 Å². The second-order valence-electron chi connectivity index (χ2n) is 12.3. The van der Waals surface area contributed by atoms with Gasteiger partial charge in [0.05, 0.1) is 56.6 Å². The molecule has 2 heterocycles. The average Bonchev–Trinajstić information content (AvgIpc) is 3.70. The van der Waals surface area contributed by atoms with Crippen LogP contribution >= 0.6 is 0 Å². The molecular formula is C45H25N5. The smallest absolute Gasteiger partial charge is 0.101 e. The summed E-state index contributed by atoms with van der Waals surface area (Å²) < 4.78 is 4.41. The zero-order chi connectivity index (χ0) is 33.8. The number of fused-ring (bicyclic) bond motifs is 6. The number of hydrogen-bond donors (Lipinski definition) is 0. The molecule has 0 N–H and O–H groups in total. The molecule has 0 aliphatic rings. The van der Waals surface area contributed by atoms with E-state index in [4.69, 9.17) is 0 Å². The summed E-state index contributed by atoms with van der Waals surface area (Å²) in [5, 5.41) is 34.7. The van der Waals surface area contributed by atoms with Crippen LogP contribution in [0, 0.1) is 34.0 Å². The monoisotopic (exact) mass is 635 g/mol. The maximum atomic E-state index is 10.5. The van der Waals surface area contributed by atoms with Gasteiger partial charge in [-0.05, 0) is 71.8 Å². The highest BCUT2D eigenvalue weighted by Gasteiger charge is 2.21. The molecule has 50 heavy (non-hydrogen) atoms. The first kappa shape index (κ1) is 28.8. The van der Waals surface area contributed by atoms with E-state index in [0.717, 1.165) is 66.5 Å². The second kappa shape index (κ2) is 11.4. The van der Waals surface area contributed by atoms with E-state index in [0.29, 0.717) is 16.7 Å². The molecule has 2 aromatic heterocycles. The van der Waals surface area contributed by atoms with E-state index < -0.39 is 0 Å². The normalized spacial score (nSPS) is 11.1. The van der Waals surface area contributed by atoms with Gasteiger partial charge in [-0.2, -0.15) is 15.8 Å². The SMILES string of the molecule is N#Cc1ccc2c(c1)c1cccc(C#N)c1n2-c1ccccc1-c1cccc(C#N)c1-c1cccc(-n2c3ccccc3c3ccccc32)c1. The summed E-state index contributed by atoms with van der Waals surface area (Å²) in [7, 11) is 0. The number of aromatic nitrogens is 2. The van der Waals surface area contributed by atoms with Crippen LogP contribution in [0.2, 0.25) is 0 Å². The van der Waals surface area contributed by atoms with E-state index in [1.54, 1.807) is 0 Å². The summed E-state index contributed by atoms with van der Waals surface area (Å²) in [4.78, 5) is 0. The van der Waals surface area contributed by atoms with Crippen LogP contribution in [0.25, 0.3) is 77.2 Å². The molecule has 0 saturated heterocycles. The fourth-order valence-electron chi connectivity index (χ4n) is 7.56. The van der Waals surface area contributed by atoms with Gasteiger partial charge in [-0.25, -0.2) is 0 Å². The topological polar surface area (TPSA) is 81.2 Å². The Kier molecular flexibility index (Phi) is 6.56. The van der Waals surface area contributed by atoms with Crippen molar-refractivity contribution in [3.63, 3.8) is 0 Å². The molecule has 0 aliphatic heterocycles. The third kappa shape index (κ3) is 4.24. The molecule has 9 aromatic rings. The van der Waals surface area contributed by atoms with Crippen molar-refractivity contribution in [1.82, 2.24) is 9.13 Å². The molecule has 9 rings (SSSR count). The van der Waals surface area contributed by atoms with E-state index in [-0.39, 0.29) is 0 Å². The number of benzene rings is 7. The summed E-state index contributed by atoms with van der Waals surface area (Å²) in [6.45, 7) is 0. The molecule has 0 unspecified atom stereocenters. The first-order chi connectivity index (χ1) is 24.7. The van der Waals surface area contributed by atoms with Gasteiger partial charge in [0.15, 0.2) is 0 Å². The van der Waals surface area contributed by atoms with Crippen LogP contribution < -0.4 is 0 Å². The Bertz CT molecular complexity index is 2920. The lowest BCUT2D eigenvalue weighted by atomic mass is 9.89. The molecule has 0 amide bonds. The Labute approximate surface area is 287 Å². The van der Waals surface area contributed by atoms with Crippen molar-refractivity contribution in [3.05, 3.63) is 168 Å². The minimum absolute atomic E-state index is 0.539. The molecule has 0 radical (unpaired) electrons. The van der Waals surface area contributed by atoms with Crippen molar-refractivity contribution in [2.75, 3.05) is 0 Å². The van der Waals surface area contributed by atoms with Crippen molar-refractivity contribution < 1.29 is 0 Å². The minimum Gasteiger partial charge on any atom is -0.309 e. The fraction of sp³-hybridized carbons (Fsp3) is 0. The summed E-state index contributed by atoms with van der Waals surface area (Å²) in [6.07, 6.45) is 0. The van der Waals surface area contributed by atoms with Crippen LogP contribution in [-0.4, -0.2) is 9.13 Å². The highest BCUT2D eigenvalue weighted by atomic mass is 15.0. The van der Waals surface area contributed by atoms with E-state index in [1.807, 2.05) is 60.7 Å². The van der Waals surface area contributed by atoms with Crippen LogP contribution in [0.4, 0.5) is 0 Å². The van der Waals surface area contributed by atoms with Crippen molar-refractivity contribution >= 4 is 43.6 Å². The van der Waals surface area contributed by atoms with Crippen molar-refractivity contribution in [2.24, 2.45) is 0 Å². The fourth-order valence-corrected chi connectivity index (χ4v) is 7.56. The zero-order valence-electron chi connectivity index (χ0n) is 26.7. The molecular weight excluding hydrogens is 611 g/mol. The van der Waals surface area contributed by atoms with Crippen molar-refractivity contribution in [3.8, 4) is 51.8 Å². The van der Waals surface area contributed by atoms with Gasteiger partial charge in [0.2, 0.25) is 0 Å². The van der Waals surface area contributed by atoms with E-state index in [9.17, 15) is 15.8 Å². The summed E-state index contributed by atoms with van der Waals surface area (Å²) in [5.41, 5.74) is 11.0. The lowest BCUT2D eigenvalue weighted by Gasteiger charge is -2.18. The highest BCUT2D eigenvalue weighted by Crippen LogP contribution is 2.42. The Morgan fingerprint density at radius 2 is 1.04 bits per heavy atom. The molecule has 7 aromatic carbocycles. The Hall–Kier alpha value is -7.39. The largest absolute Gasteiger partial charge is 0.309 e. The van der Waals surface area contributed by atoms with Gasteiger partial charge in [0.25, 0.3) is 0 Å². The van der Waals surface area contributed by atoms with E-state index >= 15 is 0 Å². The van der Waals surface area contributed by atoms with Crippen LogP contribution in [0.3, 0.4) is 0 Å². The average molecular weight is 636 g/mol. The van der Waals surface area contributed by atoms with Gasteiger partial charge in [-0.3, -0.25) is 0 Å². The van der Waals surface area contributed by atoms with E-state index in [2.05, 4.69) is 118 Å². The van der Waals surface area contributed by atoms with Gasteiger partial charge < -0.3 is 9.13 Å². The summed E-state index contributed by atoms with van der Waals surface area (Å²) >= 11 is 0. The van der Waals surface area contributed by atoms with Crippen LogP contribution in [0.1, 0.15) is 16.7 Å². The Morgan fingerprint density at radius 1 is 0.420 bits per heavy atom. The number of rotatable bonds is 4. The molecule has 5 heteroatoms. The molecule has 0 atom stereocenters. The second-order valence-corrected chi connectivity index (χ2v) is 12.3. The van der Waals surface area contributed by atoms with Gasteiger partial charge in [-0.1, -0.05) is 91.0 Å². The van der Waals surface area contributed by atoms with Gasteiger partial charge >= 0.3 is 0 Å². The molecule has 0 aliphatic carbocycles.